The van der Waals surface area contributed by atoms with Gasteiger partial charge in [0, 0.05) is 19.8 Å². The summed E-state index contributed by atoms with van der Waals surface area (Å²) in [6, 6.07) is 7.86. The predicted molar refractivity (Wildman–Crippen MR) is 97.0 cm³/mol. The van der Waals surface area contributed by atoms with Gasteiger partial charge in [0.05, 0.1) is 6.20 Å². The lowest BCUT2D eigenvalue weighted by molar-refractivity contribution is 0.0639. The third kappa shape index (κ3) is 5.52. The van der Waals surface area contributed by atoms with Crippen molar-refractivity contribution in [2.45, 2.75) is 25.8 Å². The van der Waals surface area contributed by atoms with Crippen LogP contribution in [-0.4, -0.2) is 30.6 Å². The molecule has 0 unspecified atom stereocenters. The molecule has 1 aromatic heterocycles. The molecular weight excluding hydrogens is 338 g/mol. The highest BCUT2D eigenvalue weighted by molar-refractivity contribution is 7.15. The Kier molecular flexibility index (Phi) is 6.38. The topological polar surface area (TPSA) is 86.5 Å². The van der Waals surface area contributed by atoms with E-state index in [0.717, 1.165) is 43.6 Å². The van der Waals surface area contributed by atoms with Gasteiger partial charge in [-0.3, -0.25) is 4.79 Å². The summed E-state index contributed by atoms with van der Waals surface area (Å²) in [6.07, 6.45) is 5.00. The number of carbonyl (C=O) groups excluding carboxylic acids is 1. The van der Waals surface area contributed by atoms with E-state index in [0.29, 0.717) is 15.8 Å². The van der Waals surface area contributed by atoms with E-state index in [-0.39, 0.29) is 0 Å². The fourth-order valence-electron chi connectivity index (χ4n) is 2.77. The number of thiazole rings is 1. The maximum atomic E-state index is 11.1. The lowest BCUT2D eigenvalue weighted by atomic mass is 9.97. The molecule has 1 aromatic carbocycles. The van der Waals surface area contributed by atoms with Crippen LogP contribution in [0.5, 0.6) is 10.9 Å². The van der Waals surface area contributed by atoms with Gasteiger partial charge in [0.15, 0.2) is 0 Å². The van der Waals surface area contributed by atoms with Gasteiger partial charge in [-0.05, 0) is 49.4 Å². The van der Waals surface area contributed by atoms with Crippen molar-refractivity contribution in [2.24, 2.45) is 11.7 Å². The minimum Gasteiger partial charge on any atom is -0.431 e. The number of amides is 1. The third-order valence-corrected chi connectivity index (χ3v) is 5.15. The molecule has 134 valence electrons. The molecule has 0 atom stereocenters. The van der Waals surface area contributed by atoms with Crippen LogP contribution in [0.15, 0.2) is 30.5 Å². The Morgan fingerprint density at radius 3 is 2.76 bits per heavy atom. The molecule has 6 nitrogen and oxygen atoms in total. The Morgan fingerprint density at radius 1 is 1.32 bits per heavy atom. The van der Waals surface area contributed by atoms with Gasteiger partial charge in [0.2, 0.25) is 0 Å². The zero-order valence-electron chi connectivity index (χ0n) is 14.1. The Balaban J connectivity index is 1.41. The molecule has 0 spiro atoms. The van der Waals surface area contributed by atoms with Crippen LogP contribution < -0.4 is 15.8 Å². The van der Waals surface area contributed by atoms with Crippen molar-refractivity contribution < 1.29 is 14.3 Å². The molecule has 0 radical (unpaired) electrons. The minimum atomic E-state index is -0.491. The molecule has 0 saturated carbocycles. The largest absolute Gasteiger partial charge is 0.431 e. The van der Waals surface area contributed by atoms with Crippen LogP contribution in [0.4, 0.5) is 0 Å². The molecule has 0 aliphatic carbocycles. The first kappa shape index (κ1) is 17.8. The second-order valence-electron chi connectivity index (χ2n) is 6.12. The highest BCUT2D eigenvalue weighted by Crippen LogP contribution is 2.26. The van der Waals surface area contributed by atoms with Gasteiger partial charge in [-0.25, -0.2) is 4.98 Å². The molecule has 7 heteroatoms. The lowest BCUT2D eigenvalue weighted by Crippen LogP contribution is -2.22. The number of benzene rings is 1. The second kappa shape index (κ2) is 8.94. The summed E-state index contributed by atoms with van der Waals surface area (Å²) in [5, 5.41) is 3.90. The Hall–Kier alpha value is -1.96. The third-order valence-electron chi connectivity index (χ3n) is 4.26. The average molecular weight is 361 g/mol. The highest BCUT2D eigenvalue weighted by Gasteiger charge is 2.13. The first-order chi connectivity index (χ1) is 12.2. The van der Waals surface area contributed by atoms with Crippen LogP contribution in [0, 0.1) is 5.92 Å². The fourth-order valence-corrected chi connectivity index (χ4v) is 3.41. The summed E-state index contributed by atoms with van der Waals surface area (Å²) in [6.45, 7) is 3.68. The van der Waals surface area contributed by atoms with Crippen LogP contribution >= 0.6 is 11.3 Å². The number of primary amides is 1. The van der Waals surface area contributed by atoms with Crippen molar-refractivity contribution in [3.05, 3.63) is 40.9 Å². The standard InChI is InChI=1S/C18H23N3O3S/c19-17(22)16-12-21-18(25-16)24-15-3-1-14(2-4-15)11-20-8-5-13-6-9-23-10-7-13/h1-4,12-13,20H,5-11H2,(H2,19,22). The summed E-state index contributed by atoms with van der Waals surface area (Å²) in [5.74, 6) is 0.992. The summed E-state index contributed by atoms with van der Waals surface area (Å²) < 4.78 is 11.0. The summed E-state index contributed by atoms with van der Waals surface area (Å²) in [5.41, 5.74) is 6.41. The van der Waals surface area contributed by atoms with E-state index in [4.69, 9.17) is 15.2 Å². The number of nitrogens with one attached hydrogen (secondary N) is 1. The molecule has 0 bridgehead atoms. The van der Waals surface area contributed by atoms with E-state index in [2.05, 4.69) is 10.3 Å². The van der Waals surface area contributed by atoms with E-state index in [9.17, 15) is 4.79 Å². The van der Waals surface area contributed by atoms with Gasteiger partial charge in [-0.2, -0.15) is 0 Å². The van der Waals surface area contributed by atoms with Crippen molar-refractivity contribution in [1.82, 2.24) is 10.3 Å². The SMILES string of the molecule is NC(=O)c1cnc(Oc2ccc(CNCCC3CCOCC3)cc2)s1. The molecule has 25 heavy (non-hydrogen) atoms. The van der Waals surface area contributed by atoms with Gasteiger partial charge >= 0.3 is 0 Å². The predicted octanol–water partition coefficient (Wildman–Crippen LogP) is 2.94. The number of aromatic nitrogens is 1. The minimum absolute atomic E-state index is 0.389. The van der Waals surface area contributed by atoms with E-state index < -0.39 is 5.91 Å². The van der Waals surface area contributed by atoms with Crippen molar-refractivity contribution in [3.63, 3.8) is 0 Å². The van der Waals surface area contributed by atoms with Crippen LogP contribution in [0.1, 0.15) is 34.5 Å². The monoisotopic (exact) mass is 361 g/mol. The molecule has 3 rings (SSSR count). The molecular formula is C18H23N3O3S. The van der Waals surface area contributed by atoms with Gasteiger partial charge in [0.25, 0.3) is 11.1 Å². The molecule has 2 aromatic rings. The number of hydrogen-bond acceptors (Lipinski definition) is 6. The van der Waals surface area contributed by atoms with Gasteiger partial charge in [-0.1, -0.05) is 23.5 Å². The van der Waals surface area contributed by atoms with Gasteiger partial charge < -0.3 is 20.5 Å². The lowest BCUT2D eigenvalue weighted by Gasteiger charge is -2.21. The van der Waals surface area contributed by atoms with Crippen LogP contribution in [0.3, 0.4) is 0 Å². The number of nitrogens with two attached hydrogens (primary N) is 1. The molecule has 3 N–H and O–H groups in total. The normalized spacial score (nSPS) is 15.2. The van der Waals surface area contributed by atoms with Crippen LogP contribution in [-0.2, 0) is 11.3 Å². The quantitative estimate of drug-likeness (QED) is 0.706. The fraction of sp³-hybridized carbons (Fsp3) is 0.444. The van der Waals surface area contributed by atoms with E-state index >= 15 is 0 Å². The number of nitrogens with zero attached hydrogens (tertiary/aromatic N) is 1. The first-order valence-corrected chi connectivity index (χ1v) is 9.33. The molecule has 1 saturated heterocycles. The van der Waals surface area contributed by atoms with Crippen molar-refractivity contribution in [3.8, 4) is 10.9 Å². The Labute approximate surface area is 151 Å². The maximum Gasteiger partial charge on any atom is 0.279 e. The number of rotatable bonds is 8. The Bertz CT molecular complexity index is 681. The molecule has 1 aliphatic rings. The summed E-state index contributed by atoms with van der Waals surface area (Å²) in [7, 11) is 0. The van der Waals surface area contributed by atoms with E-state index in [1.54, 1.807) is 0 Å². The van der Waals surface area contributed by atoms with E-state index in [1.165, 1.54) is 31.0 Å². The number of carbonyl (C=O) groups is 1. The smallest absolute Gasteiger partial charge is 0.279 e. The summed E-state index contributed by atoms with van der Waals surface area (Å²) >= 11 is 1.14. The molecule has 2 heterocycles. The van der Waals surface area contributed by atoms with Crippen LogP contribution in [0.2, 0.25) is 0 Å². The maximum absolute atomic E-state index is 11.1. The summed E-state index contributed by atoms with van der Waals surface area (Å²) in [4.78, 5) is 15.5. The van der Waals surface area contributed by atoms with Crippen molar-refractivity contribution in [1.29, 1.82) is 0 Å². The molecule has 1 fully saturated rings. The van der Waals surface area contributed by atoms with Crippen molar-refractivity contribution in [2.75, 3.05) is 19.8 Å². The second-order valence-corrected chi connectivity index (χ2v) is 7.12. The van der Waals surface area contributed by atoms with Crippen molar-refractivity contribution >= 4 is 17.2 Å². The zero-order valence-corrected chi connectivity index (χ0v) is 14.9. The first-order valence-electron chi connectivity index (χ1n) is 8.51. The molecule has 1 amide bonds. The average Bonchev–Trinajstić information content (AvgIpc) is 3.10. The number of hydrogen-bond donors (Lipinski definition) is 2. The van der Waals surface area contributed by atoms with Gasteiger partial charge in [0.1, 0.15) is 10.6 Å². The van der Waals surface area contributed by atoms with Crippen LogP contribution in [0.25, 0.3) is 0 Å². The number of ether oxygens (including phenoxy) is 2. The Morgan fingerprint density at radius 2 is 2.08 bits per heavy atom. The molecule has 1 aliphatic heterocycles. The highest BCUT2D eigenvalue weighted by atomic mass is 32.1. The van der Waals surface area contributed by atoms with E-state index in [1.807, 2.05) is 24.3 Å². The zero-order chi connectivity index (χ0) is 17.5. The van der Waals surface area contributed by atoms with Gasteiger partial charge in [-0.15, -0.1) is 0 Å².